The van der Waals surface area contributed by atoms with Crippen LogP contribution in [0.1, 0.15) is 29.2 Å². The summed E-state index contributed by atoms with van der Waals surface area (Å²) in [4.78, 5) is 20.4. The molecule has 2 N–H and O–H groups in total. The van der Waals surface area contributed by atoms with Crippen LogP contribution in [0.15, 0.2) is 24.3 Å². The molecule has 0 atom stereocenters. The molecule has 0 bridgehead atoms. The third kappa shape index (κ3) is 3.36. The van der Waals surface area contributed by atoms with Gasteiger partial charge in [0.05, 0.1) is 5.69 Å². The van der Waals surface area contributed by atoms with Crippen LogP contribution in [-0.4, -0.2) is 21.9 Å². The van der Waals surface area contributed by atoms with E-state index >= 15 is 0 Å². The first-order valence-electron chi connectivity index (χ1n) is 6.90. The minimum atomic E-state index is -0.838. The molecule has 1 aromatic heterocycles. The van der Waals surface area contributed by atoms with Gasteiger partial charge in [-0.3, -0.25) is 4.79 Å². The number of nitrogens with zero attached hydrogens (tertiary/aromatic N) is 2. The third-order valence-corrected chi connectivity index (χ3v) is 3.18. The number of nitrogens with one attached hydrogen (secondary N) is 2. The number of halogens is 2. The van der Waals surface area contributed by atoms with Gasteiger partial charge in [-0.2, -0.15) is 0 Å². The van der Waals surface area contributed by atoms with Gasteiger partial charge < -0.3 is 10.6 Å². The molecule has 1 saturated carbocycles. The van der Waals surface area contributed by atoms with Crippen molar-refractivity contribution in [3.8, 4) is 0 Å². The number of aromatic nitrogens is 2. The van der Waals surface area contributed by atoms with Crippen LogP contribution < -0.4 is 10.6 Å². The fraction of sp³-hybridized carbons (Fsp3) is 0.267. The van der Waals surface area contributed by atoms with E-state index in [-0.39, 0.29) is 11.4 Å². The number of anilines is 2. The zero-order chi connectivity index (χ0) is 15.7. The lowest BCUT2D eigenvalue weighted by molar-refractivity contribution is 0.102. The smallest absolute Gasteiger partial charge is 0.274 e. The SMILES string of the molecule is Cc1nc(NC2CC2)cc(C(=O)Nc2ccc(F)cc2F)n1. The molecule has 0 aliphatic heterocycles. The Kier molecular flexibility index (Phi) is 3.70. The fourth-order valence-corrected chi connectivity index (χ4v) is 1.97. The van der Waals surface area contributed by atoms with Crippen molar-refractivity contribution in [3.63, 3.8) is 0 Å². The normalized spacial score (nSPS) is 13.8. The van der Waals surface area contributed by atoms with Gasteiger partial charge in [-0.05, 0) is 31.9 Å². The molecule has 1 amide bonds. The Morgan fingerprint density at radius 2 is 2.00 bits per heavy atom. The first kappa shape index (κ1) is 14.4. The van der Waals surface area contributed by atoms with Crippen LogP contribution in [0.25, 0.3) is 0 Å². The highest BCUT2D eigenvalue weighted by molar-refractivity contribution is 6.03. The number of carbonyl (C=O) groups is 1. The highest BCUT2D eigenvalue weighted by Gasteiger charge is 2.22. The number of rotatable bonds is 4. The maximum Gasteiger partial charge on any atom is 0.274 e. The molecular formula is C15H14F2N4O. The second kappa shape index (κ2) is 5.67. The standard InChI is InChI=1S/C15H14F2N4O/c1-8-18-13(7-14(19-8)20-10-3-4-10)15(22)21-12-5-2-9(16)6-11(12)17/h2,5-7,10H,3-4H2,1H3,(H,21,22)(H,18,19,20). The van der Waals surface area contributed by atoms with Gasteiger partial charge in [-0.1, -0.05) is 0 Å². The Bertz CT molecular complexity index is 731. The van der Waals surface area contributed by atoms with Crippen molar-refractivity contribution >= 4 is 17.4 Å². The predicted molar refractivity (Wildman–Crippen MR) is 77.7 cm³/mol. The topological polar surface area (TPSA) is 66.9 Å². The van der Waals surface area contributed by atoms with Gasteiger partial charge in [0.15, 0.2) is 0 Å². The summed E-state index contributed by atoms with van der Waals surface area (Å²) < 4.78 is 26.4. The summed E-state index contributed by atoms with van der Waals surface area (Å²) in [5.74, 6) is -1.11. The van der Waals surface area contributed by atoms with Crippen LogP contribution >= 0.6 is 0 Å². The first-order valence-corrected chi connectivity index (χ1v) is 6.90. The van der Waals surface area contributed by atoms with E-state index in [1.165, 1.54) is 12.1 Å². The summed E-state index contributed by atoms with van der Waals surface area (Å²) in [6.45, 7) is 1.67. The monoisotopic (exact) mass is 304 g/mol. The van der Waals surface area contributed by atoms with Crippen LogP contribution in [0.3, 0.4) is 0 Å². The summed E-state index contributed by atoms with van der Waals surface area (Å²) in [6.07, 6.45) is 2.15. The summed E-state index contributed by atoms with van der Waals surface area (Å²) in [7, 11) is 0. The second-order valence-electron chi connectivity index (χ2n) is 5.18. The minimum absolute atomic E-state index is 0.0978. The zero-order valence-corrected chi connectivity index (χ0v) is 11.9. The third-order valence-electron chi connectivity index (χ3n) is 3.18. The van der Waals surface area contributed by atoms with E-state index < -0.39 is 17.5 Å². The molecule has 1 heterocycles. The Labute approximate surface area is 125 Å². The average molecular weight is 304 g/mol. The summed E-state index contributed by atoms with van der Waals surface area (Å²) in [6, 6.07) is 4.85. The Morgan fingerprint density at radius 3 is 2.68 bits per heavy atom. The number of benzene rings is 1. The quantitative estimate of drug-likeness (QED) is 0.911. The molecule has 0 unspecified atom stereocenters. The highest BCUT2D eigenvalue weighted by Crippen LogP contribution is 2.24. The van der Waals surface area contributed by atoms with Crippen LogP contribution in [0.2, 0.25) is 0 Å². The van der Waals surface area contributed by atoms with Gasteiger partial charge in [0.1, 0.15) is 29.0 Å². The van der Waals surface area contributed by atoms with Crippen molar-refractivity contribution in [2.45, 2.75) is 25.8 Å². The highest BCUT2D eigenvalue weighted by atomic mass is 19.1. The molecule has 5 nitrogen and oxygen atoms in total. The number of aryl methyl sites for hydroxylation is 1. The van der Waals surface area contributed by atoms with Crippen molar-refractivity contribution in [1.29, 1.82) is 0 Å². The van der Waals surface area contributed by atoms with E-state index in [9.17, 15) is 13.6 Å². The molecule has 0 saturated heterocycles. The summed E-state index contributed by atoms with van der Waals surface area (Å²) >= 11 is 0. The number of amides is 1. The Hall–Kier alpha value is -2.57. The number of hydrogen-bond donors (Lipinski definition) is 2. The molecule has 114 valence electrons. The average Bonchev–Trinajstić information content (AvgIpc) is 3.25. The fourth-order valence-electron chi connectivity index (χ4n) is 1.97. The molecule has 1 aromatic carbocycles. The molecule has 3 rings (SSSR count). The van der Waals surface area contributed by atoms with Gasteiger partial charge >= 0.3 is 0 Å². The lowest BCUT2D eigenvalue weighted by Crippen LogP contribution is -2.17. The molecule has 0 spiro atoms. The van der Waals surface area contributed by atoms with Crippen molar-refractivity contribution in [2.75, 3.05) is 10.6 Å². The van der Waals surface area contributed by atoms with Crippen LogP contribution in [-0.2, 0) is 0 Å². The van der Waals surface area contributed by atoms with Gasteiger partial charge in [0.25, 0.3) is 5.91 Å². The minimum Gasteiger partial charge on any atom is -0.367 e. The van der Waals surface area contributed by atoms with Crippen LogP contribution in [0, 0.1) is 18.6 Å². The lowest BCUT2D eigenvalue weighted by atomic mass is 10.2. The van der Waals surface area contributed by atoms with Crippen LogP contribution in [0.5, 0.6) is 0 Å². The second-order valence-corrected chi connectivity index (χ2v) is 5.18. The summed E-state index contributed by atoms with van der Waals surface area (Å²) in [5.41, 5.74) is 0.0266. The maximum absolute atomic E-state index is 13.6. The van der Waals surface area contributed by atoms with E-state index in [1.54, 1.807) is 6.92 Å². The molecule has 22 heavy (non-hydrogen) atoms. The maximum atomic E-state index is 13.6. The van der Waals surface area contributed by atoms with E-state index in [0.29, 0.717) is 23.8 Å². The largest absolute Gasteiger partial charge is 0.367 e. The first-order chi connectivity index (χ1) is 10.5. The van der Waals surface area contributed by atoms with E-state index in [4.69, 9.17) is 0 Å². The van der Waals surface area contributed by atoms with Crippen LogP contribution in [0.4, 0.5) is 20.3 Å². The van der Waals surface area contributed by atoms with Crippen molar-refractivity contribution in [2.24, 2.45) is 0 Å². The van der Waals surface area contributed by atoms with Crippen molar-refractivity contribution in [1.82, 2.24) is 9.97 Å². The molecular weight excluding hydrogens is 290 g/mol. The predicted octanol–water partition coefficient (Wildman–Crippen LogP) is 2.89. The zero-order valence-electron chi connectivity index (χ0n) is 11.9. The lowest BCUT2D eigenvalue weighted by Gasteiger charge is -2.09. The number of hydrogen-bond acceptors (Lipinski definition) is 4. The van der Waals surface area contributed by atoms with Crippen molar-refractivity contribution < 1.29 is 13.6 Å². The van der Waals surface area contributed by atoms with Gasteiger partial charge in [-0.25, -0.2) is 18.7 Å². The molecule has 0 radical (unpaired) electrons. The molecule has 2 aromatic rings. The van der Waals surface area contributed by atoms with Gasteiger partial charge in [0.2, 0.25) is 0 Å². The Morgan fingerprint density at radius 1 is 1.23 bits per heavy atom. The van der Waals surface area contributed by atoms with E-state index in [1.807, 2.05) is 0 Å². The molecule has 1 aliphatic rings. The van der Waals surface area contributed by atoms with Gasteiger partial charge in [-0.15, -0.1) is 0 Å². The van der Waals surface area contributed by atoms with Crippen molar-refractivity contribution in [3.05, 3.63) is 47.4 Å². The van der Waals surface area contributed by atoms with E-state index in [0.717, 1.165) is 18.9 Å². The number of carbonyl (C=O) groups excluding carboxylic acids is 1. The summed E-state index contributed by atoms with van der Waals surface area (Å²) in [5, 5.41) is 5.56. The molecule has 1 aliphatic carbocycles. The molecule has 7 heteroatoms. The van der Waals surface area contributed by atoms with E-state index in [2.05, 4.69) is 20.6 Å². The van der Waals surface area contributed by atoms with Gasteiger partial charge in [0, 0.05) is 18.2 Å². The molecule has 1 fully saturated rings. The Balaban J connectivity index is 1.80.